The summed E-state index contributed by atoms with van der Waals surface area (Å²) in [7, 11) is -16.9. The van der Waals surface area contributed by atoms with Gasteiger partial charge in [-0.1, -0.05) is 5.92 Å². The van der Waals surface area contributed by atoms with Gasteiger partial charge in [0.1, 0.15) is 18.0 Å². The molecule has 3 unspecified atom stereocenters. The number of anilines is 1. The van der Waals surface area contributed by atoms with Gasteiger partial charge >= 0.3 is 29.2 Å². The molecule has 1 aromatic rings. The summed E-state index contributed by atoms with van der Waals surface area (Å²) in [4.78, 5) is 51.9. The number of hydrogen-bond acceptors (Lipinski definition) is 12. The number of aryl methyl sites for hydroxylation is 1. The van der Waals surface area contributed by atoms with E-state index < -0.39 is 59.2 Å². The molecule has 1 fully saturated rings. The second-order valence-corrected chi connectivity index (χ2v) is 11.2. The van der Waals surface area contributed by atoms with Crippen LogP contribution >= 0.6 is 23.5 Å². The minimum absolute atomic E-state index is 0.117. The summed E-state index contributed by atoms with van der Waals surface area (Å²) in [5, 5.41) is 10.7. The van der Waals surface area contributed by atoms with Crippen molar-refractivity contribution >= 4 is 29.3 Å². The fraction of sp³-hybridized carbons (Fsp3) is 0.538. The van der Waals surface area contributed by atoms with Crippen molar-refractivity contribution in [2.45, 2.75) is 43.9 Å². The Morgan fingerprint density at radius 3 is 2.33 bits per heavy atom. The van der Waals surface area contributed by atoms with E-state index in [1.165, 1.54) is 13.0 Å². The van der Waals surface area contributed by atoms with E-state index in [1.807, 2.05) is 0 Å². The van der Waals surface area contributed by atoms with E-state index in [0.29, 0.717) is 0 Å². The van der Waals surface area contributed by atoms with Crippen molar-refractivity contribution in [3.8, 4) is 12.3 Å². The SMILES string of the molecule is C#CC1(N)[C@@H](O)[C@@H]([C@@H](C)OP(=O)(O)OP(=O)(O)OP(=O)(O)O)O[C@H]1n1c(C)cc(N)nc1=O. The molecule has 0 spiro atoms. The standard InChI is InChI=1S/C13H21N4O13P3/c1-4-13(15)10(18)9(27-11(13)17-6(2)5-8(14)16-12(17)19)7(3)28-32(23,24)30-33(25,26)29-31(20,21)22/h1,5,7,9-11,18H,15H2,2-3H3,(H,23,24)(H,25,26)(H2,14,16,19)(H2,20,21,22)/t7-,9-,10+,11-,13?/m1/s1. The van der Waals surface area contributed by atoms with Crippen LogP contribution in [0.3, 0.4) is 0 Å². The number of aliphatic hydroxyl groups is 1. The molecule has 0 amide bonds. The molecule has 20 heteroatoms. The predicted octanol–water partition coefficient (Wildman–Crippen LogP) is -1.55. The second-order valence-electron chi connectivity index (χ2n) is 6.85. The number of nitrogens with two attached hydrogens (primary N) is 2. The maximum absolute atomic E-state index is 12.3. The van der Waals surface area contributed by atoms with Crippen LogP contribution < -0.4 is 17.2 Å². The van der Waals surface area contributed by atoms with Gasteiger partial charge < -0.3 is 40.9 Å². The molecule has 2 heterocycles. The Balaban J connectivity index is 2.32. The van der Waals surface area contributed by atoms with Crippen molar-refractivity contribution in [2.24, 2.45) is 5.73 Å². The largest absolute Gasteiger partial charge is 0.490 e. The maximum Gasteiger partial charge on any atom is 0.490 e. The van der Waals surface area contributed by atoms with E-state index in [0.717, 1.165) is 11.5 Å². The first-order chi connectivity index (χ1) is 14.8. The van der Waals surface area contributed by atoms with Crippen LogP contribution in [0.25, 0.3) is 0 Å². The third-order valence-electron chi connectivity index (χ3n) is 4.33. The third-order valence-corrected chi connectivity index (χ3v) is 8.25. The number of aliphatic hydroxyl groups excluding tert-OH is 1. The van der Waals surface area contributed by atoms with Gasteiger partial charge in [0.05, 0.1) is 6.10 Å². The van der Waals surface area contributed by atoms with Crippen molar-refractivity contribution < 1.29 is 56.3 Å². The highest BCUT2D eigenvalue weighted by Crippen LogP contribution is 2.66. The van der Waals surface area contributed by atoms with Crippen molar-refractivity contribution in [1.29, 1.82) is 0 Å². The zero-order chi connectivity index (χ0) is 25.6. The minimum atomic E-state index is -5.77. The van der Waals surface area contributed by atoms with Gasteiger partial charge in [-0.05, 0) is 19.9 Å². The fourth-order valence-corrected chi connectivity index (χ4v) is 6.24. The summed E-state index contributed by atoms with van der Waals surface area (Å²) in [6, 6.07) is 1.29. The molecule has 186 valence electrons. The number of phosphoric acid groups is 3. The number of aromatic nitrogens is 2. The average Bonchev–Trinajstić information content (AvgIpc) is 2.83. The van der Waals surface area contributed by atoms with E-state index in [2.05, 4.69) is 24.0 Å². The summed E-state index contributed by atoms with van der Waals surface area (Å²) in [5.74, 6) is 1.98. The summed E-state index contributed by atoms with van der Waals surface area (Å²) in [6.45, 7) is 2.48. The quantitative estimate of drug-likeness (QED) is 0.147. The Morgan fingerprint density at radius 2 is 1.85 bits per heavy atom. The molecule has 1 aliphatic rings. The van der Waals surface area contributed by atoms with Gasteiger partial charge in [-0.3, -0.25) is 9.09 Å². The van der Waals surface area contributed by atoms with Crippen LogP contribution in [0.4, 0.5) is 5.82 Å². The smallest absolute Gasteiger partial charge is 0.387 e. The zero-order valence-corrected chi connectivity index (χ0v) is 19.5. The van der Waals surface area contributed by atoms with Crippen LogP contribution in [-0.2, 0) is 31.6 Å². The molecule has 17 nitrogen and oxygen atoms in total. The average molecular weight is 534 g/mol. The van der Waals surface area contributed by atoms with Crippen molar-refractivity contribution in [3.05, 3.63) is 22.2 Å². The lowest BCUT2D eigenvalue weighted by Crippen LogP contribution is -2.55. The first kappa shape index (κ1) is 27.8. The first-order valence-electron chi connectivity index (χ1n) is 8.60. The molecule has 1 aliphatic heterocycles. The molecule has 7 atom stereocenters. The first-order valence-corrected chi connectivity index (χ1v) is 13.1. The van der Waals surface area contributed by atoms with Gasteiger partial charge in [-0.15, -0.1) is 6.42 Å². The summed E-state index contributed by atoms with van der Waals surface area (Å²) in [6.07, 6.45) is -1.23. The molecule has 0 radical (unpaired) electrons. The topological polar surface area (TPSA) is 276 Å². The van der Waals surface area contributed by atoms with E-state index in [-0.39, 0.29) is 11.5 Å². The van der Waals surface area contributed by atoms with Crippen LogP contribution in [0.1, 0.15) is 18.8 Å². The van der Waals surface area contributed by atoms with Gasteiger partial charge in [0.25, 0.3) is 0 Å². The number of nitrogens with zero attached hydrogens (tertiary/aromatic N) is 2. The van der Waals surface area contributed by atoms with Gasteiger partial charge in [0.15, 0.2) is 11.8 Å². The van der Waals surface area contributed by atoms with Gasteiger partial charge in [-0.25, -0.2) is 18.5 Å². The predicted molar refractivity (Wildman–Crippen MR) is 108 cm³/mol. The molecule has 33 heavy (non-hydrogen) atoms. The van der Waals surface area contributed by atoms with Crippen molar-refractivity contribution in [2.75, 3.05) is 5.73 Å². The fourth-order valence-electron chi connectivity index (χ4n) is 3.04. The number of hydrogen-bond donors (Lipinski definition) is 7. The highest BCUT2D eigenvalue weighted by atomic mass is 31.3. The zero-order valence-electron chi connectivity index (χ0n) is 16.9. The van der Waals surface area contributed by atoms with Gasteiger partial charge in [0.2, 0.25) is 0 Å². The molecule has 0 saturated carbocycles. The molecule has 0 bridgehead atoms. The molecule has 9 N–H and O–H groups in total. The summed E-state index contributed by atoms with van der Waals surface area (Å²) >= 11 is 0. The van der Waals surface area contributed by atoms with Crippen LogP contribution in [-0.4, -0.2) is 58.1 Å². The van der Waals surface area contributed by atoms with E-state index in [9.17, 15) is 33.4 Å². The third kappa shape index (κ3) is 6.36. The van der Waals surface area contributed by atoms with Crippen LogP contribution in [0.5, 0.6) is 0 Å². The van der Waals surface area contributed by atoms with E-state index in [4.69, 9.17) is 32.4 Å². The molecule has 1 saturated heterocycles. The van der Waals surface area contributed by atoms with E-state index >= 15 is 0 Å². The van der Waals surface area contributed by atoms with Crippen LogP contribution in [0, 0.1) is 19.3 Å². The molecule has 0 aliphatic carbocycles. The lowest BCUT2D eigenvalue weighted by atomic mass is 9.90. The van der Waals surface area contributed by atoms with Crippen LogP contribution in [0.15, 0.2) is 10.9 Å². The molecule has 2 rings (SSSR count). The number of rotatable bonds is 8. The molecular weight excluding hydrogens is 513 g/mol. The minimum Gasteiger partial charge on any atom is -0.387 e. The van der Waals surface area contributed by atoms with Gasteiger partial charge in [-0.2, -0.15) is 13.6 Å². The number of ether oxygens (including phenoxy) is 1. The molecular formula is C13H21N4O13P3. The Bertz CT molecular complexity index is 1160. The van der Waals surface area contributed by atoms with Crippen LogP contribution in [0.2, 0.25) is 0 Å². The Hall–Kier alpha value is -1.47. The summed E-state index contributed by atoms with van der Waals surface area (Å²) in [5.41, 5.74) is 8.75. The lowest BCUT2D eigenvalue weighted by Gasteiger charge is -2.29. The maximum atomic E-state index is 12.3. The van der Waals surface area contributed by atoms with E-state index in [1.54, 1.807) is 0 Å². The Morgan fingerprint density at radius 1 is 1.27 bits per heavy atom. The number of terminal acetylenes is 1. The lowest BCUT2D eigenvalue weighted by molar-refractivity contribution is -0.0760. The monoisotopic (exact) mass is 534 g/mol. The molecule has 1 aromatic heterocycles. The second kappa shape index (κ2) is 9.29. The number of phosphoric ester groups is 1. The van der Waals surface area contributed by atoms with Crippen molar-refractivity contribution in [1.82, 2.24) is 9.55 Å². The summed E-state index contributed by atoms with van der Waals surface area (Å²) < 4.78 is 52.6. The highest BCUT2D eigenvalue weighted by Gasteiger charge is 2.57. The Kier molecular flexibility index (Phi) is 7.82. The highest BCUT2D eigenvalue weighted by molar-refractivity contribution is 7.66. The normalized spacial score (nSPS) is 30.2. The van der Waals surface area contributed by atoms with Crippen molar-refractivity contribution in [3.63, 3.8) is 0 Å². The van der Waals surface area contributed by atoms with Gasteiger partial charge in [0, 0.05) is 5.69 Å². The molecule has 0 aromatic carbocycles. The Labute approximate surface area is 185 Å². The number of nitrogen functional groups attached to an aromatic ring is 1.